The minimum atomic E-state index is -0.160. The van der Waals surface area contributed by atoms with Crippen LogP contribution in [-0.4, -0.2) is 13.1 Å². The van der Waals surface area contributed by atoms with Gasteiger partial charge < -0.3 is 10.6 Å². The van der Waals surface area contributed by atoms with E-state index in [0.29, 0.717) is 11.4 Å². The lowest BCUT2D eigenvalue weighted by atomic mass is 10.2. The average Bonchev–Trinajstić information content (AvgIpc) is 3.08. The Morgan fingerprint density at radius 1 is 0.826 bits per heavy atom. The fourth-order valence-electron chi connectivity index (χ4n) is 2.64. The van der Waals surface area contributed by atoms with Crippen LogP contribution in [-0.2, 0) is 12.8 Å². The lowest BCUT2D eigenvalue weighted by Gasteiger charge is -2.01. The van der Waals surface area contributed by atoms with Crippen molar-refractivity contribution < 1.29 is 8.78 Å². The number of hydrogen-bond acceptors (Lipinski definition) is 2. The van der Waals surface area contributed by atoms with Crippen LogP contribution in [0.1, 0.15) is 26.0 Å². The molecule has 0 bridgehead atoms. The second-order valence-corrected chi connectivity index (χ2v) is 5.96. The van der Waals surface area contributed by atoms with Gasteiger partial charge in [0.1, 0.15) is 11.6 Å². The smallest absolute Gasteiger partial charge is 0.147 e. The molecular formula is C18H23BrF2N2. The lowest BCUT2D eigenvalue weighted by Crippen LogP contribution is -1.93. The van der Waals surface area contributed by atoms with Crippen molar-refractivity contribution in [3.63, 3.8) is 0 Å². The monoisotopic (exact) mass is 384 g/mol. The van der Waals surface area contributed by atoms with Crippen LogP contribution in [0.4, 0.5) is 20.2 Å². The Labute approximate surface area is 145 Å². The van der Waals surface area contributed by atoms with Crippen molar-refractivity contribution in [2.75, 3.05) is 23.7 Å². The van der Waals surface area contributed by atoms with Gasteiger partial charge in [-0.25, -0.2) is 8.78 Å². The van der Waals surface area contributed by atoms with Gasteiger partial charge in [0.05, 0.1) is 11.4 Å². The van der Waals surface area contributed by atoms with Crippen LogP contribution in [0.3, 0.4) is 0 Å². The second kappa shape index (κ2) is 8.29. The minimum absolute atomic E-state index is 0. The summed E-state index contributed by atoms with van der Waals surface area (Å²) < 4.78 is 26.7. The normalized spacial score (nSPS) is 13.2. The summed E-state index contributed by atoms with van der Waals surface area (Å²) in [5.74, 6) is -0.290. The van der Waals surface area contributed by atoms with E-state index in [9.17, 15) is 8.78 Å². The number of anilines is 2. The largest absolute Gasteiger partial charge is 0.382 e. The predicted octanol–water partition coefficient (Wildman–Crippen LogP) is 5.62. The summed E-state index contributed by atoms with van der Waals surface area (Å²) >= 11 is 3.25. The van der Waals surface area contributed by atoms with Crippen molar-refractivity contribution in [3.8, 4) is 0 Å². The Balaban J connectivity index is 0.000000212. The maximum atomic E-state index is 13.1. The third kappa shape index (κ3) is 4.22. The molecule has 0 saturated heterocycles. The van der Waals surface area contributed by atoms with E-state index < -0.39 is 0 Å². The summed E-state index contributed by atoms with van der Waals surface area (Å²) in [6, 6.07) is 8.63. The third-order valence-electron chi connectivity index (χ3n) is 3.63. The number of halogens is 3. The Hall–Kier alpha value is -1.62. The molecule has 2 nitrogen and oxygen atoms in total. The van der Waals surface area contributed by atoms with Crippen LogP contribution >= 0.6 is 15.9 Å². The standard InChI is InChI=1S/C8H7BrFN.C8H8FN.2CH4/c9-6-3-5-1-2-11-8(5)7(10)4-6;9-7-3-1-2-6-4-5-10-8(6)7;;/h3-4,11H,1-2H2;1-3,10H,4-5H2;2*1H4. The first-order valence-corrected chi connectivity index (χ1v) is 7.67. The zero-order chi connectivity index (χ0) is 14.8. The molecule has 0 saturated carbocycles. The number of fused-ring (bicyclic) bond motifs is 2. The number of benzene rings is 2. The van der Waals surface area contributed by atoms with Gasteiger partial charge in [-0.1, -0.05) is 42.9 Å². The highest BCUT2D eigenvalue weighted by Crippen LogP contribution is 2.28. The molecule has 2 aromatic rings. The van der Waals surface area contributed by atoms with E-state index in [2.05, 4.69) is 26.6 Å². The molecule has 2 aliphatic heterocycles. The van der Waals surface area contributed by atoms with Crippen molar-refractivity contribution in [3.05, 3.63) is 57.6 Å². The van der Waals surface area contributed by atoms with Crippen molar-refractivity contribution in [1.82, 2.24) is 0 Å². The minimum Gasteiger partial charge on any atom is -0.382 e. The first kappa shape index (κ1) is 19.4. The van der Waals surface area contributed by atoms with Gasteiger partial charge in [0.2, 0.25) is 0 Å². The molecule has 2 aromatic carbocycles. The van der Waals surface area contributed by atoms with Gasteiger partial charge in [0.25, 0.3) is 0 Å². The molecule has 23 heavy (non-hydrogen) atoms. The first-order chi connectivity index (χ1) is 10.1. The third-order valence-corrected chi connectivity index (χ3v) is 4.09. The maximum Gasteiger partial charge on any atom is 0.147 e. The van der Waals surface area contributed by atoms with E-state index in [1.807, 2.05) is 12.1 Å². The molecule has 0 radical (unpaired) electrons. The molecule has 126 valence electrons. The molecule has 2 aliphatic rings. The van der Waals surface area contributed by atoms with Crippen molar-refractivity contribution >= 4 is 27.3 Å². The Bertz CT molecular complexity index is 674. The van der Waals surface area contributed by atoms with Crippen LogP contribution in [0.2, 0.25) is 0 Å². The van der Waals surface area contributed by atoms with Gasteiger partial charge in [-0.3, -0.25) is 0 Å². The first-order valence-electron chi connectivity index (χ1n) is 6.88. The zero-order valence-corrected chi connectivity index (χ0v) is 12.9. The summed E-state index contributed by atoms with van der Waals surface area (Å²) in [6.45, 7) is 1.72. The van der Waals surface area contributed by atoms with Gasteiger partial charge >= 0.3 is 0 Å². The van der Waals surface area contributed by atoms with Crippen LogP contribution in [0.25, 0.3) is 0 Å². The van der Waals surface area contributed by atoms with Crippen LogP contribution < -0.4 is 10.6 Å². The van der Waals surface area contributed by atoms with E-state index in [1.54, 1.807) is 6.07 Å². The number of rotatable bonds is 0. The highest BCUT2D eigenvalue weighted by atomic mass is 79.9. The molecule has 2 N–H and O–H groups in total. The maximum absolute atomic E-state index is 13.1. The van der Waals surface area contributed by atoms with E-state index in [4.69, 9.17) is 0 Å². The number of para-hydroxylation sites is 1. The van der Waals surface area contributed by atoms with Crippen LogP contribution in [0.5, 0.6) is 0 Å². The quantitative estimate of drug-likeness (QED) is 0.615. The zero-order valence-electron chi connectivity index (χ0n) is 11.3. The Morgan fingerprint density at radius 3 is 2.09 bits per heavy atom. The molecule has 0 spiro atoms. The van der Waals surface area contributed by atoms with E-state index in [1.165, 1.54) is 12.1 Å². The molecule has 0 atom stereocenters. The molecule has 0 amide bonds. The summed E-state index contributed by atoms with van der Waals surface area (Å²) in [7, 11) is 0. The van der Waals surface area contributed by atoms with Crippen LogP contribution in [0.15, 0.2) is 34.8 Å². The van der Waals surface area contributed by atoms with E-state index in [-0.39, 0.29) is 26.5 Å². The van der Waals surface area contributed by atoms with Crippen molar-refractivity contribution in [2.45, 2.75) is 27.7 Å². The van der Waals surface area contributed by atoms with Gasteiger partial charge in [0, 0.05) is 17.6 Å². The predicted molar refractivity (Wildman–Crippen MR) is 98.3 cm³/mol. The van der Waals surface area contributed by atoms with Gasteiger partial charge in [0.15, 0.2) is 0 Å². The lowest BCUT2D eigenvalue weighted by molar-refractivity contribution is 0.630. The Kier molecular flexibility index (Phi) is 7.01. The number of nitrogens with one attached hydrogen (secondary N) is 2. The van der Waals surface area contributed by atoms with Gasteiger partial charge in [-0.2, -0.15) is 0 Å². The molecule has 0 aliphatic carbocycles. The molecule has 0 aromatic heterocycles. The molecule has 4 rings (SSSR count). The van der Waals surface area contributed by atoms with Gasteiger partial charge in [-0.15, -0.1) is 0 Å². The summed E-state index contributed by atoms with van der Waals surface area (Å²) in [5.41, 5.74) is 3.53. The van der Waals surface area contributed by atoms with Crippen molar-refractivity contribution in [2.24, 2.45) is 0 Å². The molecule has 5 heteroatoms. The van der Waals surface area contributed by atoms with E-state index >= 15 is 0 Å². The van der Waals surface area contributed by atoms with Gasteiger partial charge in [-0.05, 0) is 42.2 Å². The molecule has 0 unspecified atom stereocenters. The number of hydrogen-bond donors (Lipinski definition) is 2. The molecule has 0 fully saturated rings. The highest BCUT2D eigenvalue weighted by molar-refractivity contribution is 9.10. The summed E-state index contributed by atoms with van der Waals surface area (Å²) in [5, 5.41) is 5.99. The van der Waals surface area contributed by atoms with Crippen LogP contribution in [0, 0.1) is 11.6 Å². The van der Waals surface area contributed by atoms with E-state index in [0.717, 1.165) is 41.5 Å². The SMILES string of the molecule is C.C.Fc1cc(Br)cc2c1NCC2.Fc1cccc2c1NCC2. The highest BCUT2D eigenvalue weighted by Gasteiger charge is 2.14. The van der Waals surface area contributed by atoms with Crippen molar-refractivity contribution in [1.29, 1.82) is 0 Å². The Morgan fingerprint density at radius 2 is 1.43 bits per heavy atom. The second-order valence-electron chi connectivity index (χ2n) is 5.05. The summed E-state index contributed by atoms with van der Waals surface area (Å²) in [6.07, 6.45) is 1.87. The summed E-state index contributed by atoms with van der Waals surface area (Å²) in [4.78, 5) is 0. The fourth-order valence-corrected chi connectivity index (χ4v) is 3.12. The molecular weight excluding hydrogens is 362 g/mol. The average molecular weight is 385 g/mol. The fraction of sp³-hybridized carbons (Fsp3) is 0.333. The topological polar surface area (TPSA) is 24.1 Å². The molecule has 2 heterocycles.